The average Bonchev–Trinajstić information content (AvgIpc) is 2.89. The van der Waals surface area contributed by atoms with Crippen molar-refractivity contribution in [2.75, 3.05) is 35.4 Å². The van der Waals surface area contributed by atoms with Gasteiger partial charge in [0.1, 0.15) is 29.3 Å². The molecular formula is C33H61N3O9. The van der Waals surface area contributed by atoms with Crippen LogP contribution in [0.25, 0.3) is 0 Å². The third-order valence-electron chi connectivity index (χ3n) is 6.73. The molecule has 3 atom stereocenters. The van der Waals surface area contributed by atoms with E-state index in [4.69, 9.17) is 18.9 Å². The van der Waals surface area contributed by atoms with Crippen molar-refractivity contribution in [2.24, 2.45) is 10.8 Å². The summed E-state index contributed by atoms with van der Waals surface area (Å²) in [6.07, 6.45) is 2.04. The Balaban J connectivity index is -0.000000795. The number of hydrogen-bond acceptors (Lipinski definition) is 9. The van der Waals surface area contributed by atoms with Crippen LogP contribution in [0.1, 0.15) is 83.6 Å². The van der Waals surface area contributed by atoms with E-state index in [0.717, 1.165) is 0 Å². The van der Waals surface area contributed by atoms with Gasteiger partial charge in [-0.1, -0.05) is 47.3 Å². The molecule has 0 saturated heterocycles. The Hall–Kier alpha value is -3.57. The van der Waals surface area contributed by atoms with Crippen LogP contribution in [-0.4, -0.2) is 109 Å². The number of hydrogen-bond donors (Lipinski definition) is 0. The molecule has 0 aromatic heterocycles. The molecule has 3 amide bonds. The van der Waals surface area contributed by atoms with E-state index in [0.29, 0.717) is 0 Å². The maximum atomic E-state index is 12.8. The minimum atomic E-state index is -0.864. The van der Waals surface area contributed by atoms with Crippen molar-refractivity contribution < 1.29 is 42.9 Å². The van der Waals surface area contributed by atoms with Gasteiger partial charge in [0.05, 0.1) is 14.2 Å². The predicted octanol–water partition coefficient (Wildman–Crippen LogP) is 5.70. The number of likely N-dealkylation sites (N-methyl/N-ethyl adjacent to an activating group) is 3. The van der Waals surface area contributed by atoms with Gasteiger partial charge in [-0.15, -0.1) is 13.2 Å². The molecule has 0 rings (SSSR count). The van der Waals surface area contributed by atoms with E-state index in [1.807, 2.05) is 13.8 Å². The summed E-state index contributed by atoms with van der Waals surface area (Å²) in [7, 11) is 7.06. The quantitative estimate of drug-likeness (QED) is 0.167. The van der Waals surface area contributed by atoms with Gasteiger partial charge in [-0.25, -0.2) is 19.2 Å². The molecule has 0 saturated carbocycles. The van der Waals surface area contributed by atoms with E-state index in [1.165, 1.54) is 50.1 Å². The number of ether oxygens (including phenoxy) is 4. The van der Waals surface area contributed by atoms with Crippen LogP contribution in [-0.2, 0) is 33.3 Å². The lowest BCUT2D eigenvalue weighted by Crippen LogP contribution is -2.56. The summed E-state index contributed by atoms with van der Waals surface area (Å²) in [5.41, 5.74) is -2.62. The zero-order valence-corrected chi connectivity index (χ0v) is 29.8. The lowest BCUT2D eigenvalue weighted by Gasteiger charge is -2.38. The summed E-state index contributed by atoms with van der Waals surface area (Å²) in [6, 6.07) is -2.46. The second-order valence-corrected chi connectivity index (χ2v) is 13.7. The zero-order valence-electron chi connectivity index (χ0n) is 29.8. The van der Waals surface area contributed by atoms with Gasteiger partial charge < -0.3 is 23.8 Å². The van der Waals surface area contributed by atoms with Gasteiger partial charge >= 0.3 is 24.1 Å². The third-order valence-corrected chi connectivity index (χ3v) is 6.73. The fraction of sp³-hybridized carbons (Fsp3) is 0.727. The summed E-state index contributed by atoms with van der Waals surface area (Å²) >= 11 is 0. The van der Waals surface area contributed by atoms with Crippen LogP contribution in [0, 0.1) is 10.8 Å². The Kier molecular flexibility index (Phi) is 18.1. The molecular weight excluding hydrogens is 582 g/mol. The van der Waals surface area contributed by atoms with Crippen LogP contribution in [0.15, 0.2) is 25.3 Å². The monoisotopic (exact) mass is 643 g/mol. The molecule has 0 radical (unpaired) electrons. The second-order valence-electron chi connectivity index (χ2n) is 13.7. The fourth-order valence-corrected chi connectivity index (χ4v) is 3.89. The van der Waals surface area contributed by atoms with E-state index in [1.54, 1.807) is 74.5 Å². The molecule has 12 heteroatoms. The molecule has 0 spiro atoms. The summed E-state index contributed by atoms with van der Waals surface area (Å²) < 4.78 is 20.1. The van der Waals surface area contributed by atoms with Crippen LogP contribution >= 0.6 is 0 Å². The van der Waals surface area contributed by atoms with Crippen molar-refractivity contribution in [1.82, 2.24) is 14.7 Å². The van der Waals surface area contributed by atoms with Crippen LogP contribution in [0.5, 0.6) is 0 Å². The van der Waals surface area contributed by atoms with Crippen molar-refractivity contribution >= 4 is 30.0 Å². The Morgan fingerprint density at radius 1 is 0.600 bits per heavy atom. The summed E-state index contributed by atoms with van der Waals surface area (Å²) in [4.78, 5) is 64.9. The normalized spacial score (nSPS) is 13.5. The second kappa shape index (κ2) is 17.8. The molecule has 0 N–H and O–H groups in total. The molecule has 0 heterocycles. The number of methoxy groups -OCH3 is 2. The topological polar surface area (TPSA) is 132 Å². The molecule has 45 heavy (non-hydrogen) atoms. The fourth-order valence-electron chi connectivity index (χ4n) is 3.89. The van der Waals surface area contributed by atoms with E-state index in [9.17, 15) is 24.0 Å². The highest BCUT2D eigenvalue weighted by Crippen LogP contribution is 2.29. The van der Waals surface area contributed by atoms with E-state index < -0.39 is 70.2 Å². The molecule has 12 nitrogen and oxygen atoms in total. The Labute approximate surface area is 272 Å². The van der Waals surface area contributed by atoms with Crippen LogP contribution in [0.3, 0.4) is 0 Å². The molecule has 0 fully saturated rings. The molecule has 262 valence electrons. The number of carbonyl (C=O) groups excluding carboxylic acids is 5. The Morgan fingerprint density at radius 2 is 0.889 bits per heavy atom. The molecule has 0 aromatic carbocycles. The van der Waals surface area contributed by atoms with Gasteiger partial charge in [0.25, 0.3) is 0 Å². The first-order valence-electron chi connectivity index (χ1n) is 14.3. The molecule has 0 bridgehead atoms. The lowest BCUT2D eigenvalue weighted by molar-refractivity contribution is -0.157. The third kappa shape index (κ3) is 14.4. The largest absolute Gasteiger partial charge is 0.467 e. The maximum absolute atomic E-state index is 12.8. The Bertz CT molecular complexity index is 1040. The first kappa shape index (κ1) is 45.9. The molecule has 0 aliphatic heterocycles. The van der Waals surface area contributed by atoms with Gasteiger partial charge in [0.15, 0.2) is 0 Å². The highest BCUT2D eigenvalue weighted by molar-refractivity contribution is 5.89. The minimum Gasteiger partial charge on any atom is -0.467 e. The van der Waals surface area contributed by atoms with Gasteiger partial charge in [-0.05, 0) is 48.5 Å². The van der Waals surface area contributed by atoms with Crippen molar-refractivity contribution in [3.63, 3.8) is 0 Å². The van der Waals surface area contributed by atoms with Crippen molar-refractivity contribution in [2.45, 2.75) is 113 Å². The SMILES string of the molecule is C.C=CC(C)(C)[C@@H](C(=O)OC)N(C)C(=O)OC(C)(C)C.C=CC(C)(C)[C@@H](C(=O)OC)N(C)C(=O)[C@@H](C)N(C)C(=O)OC(C)(C)C. The molecule has 0 aliphatic carbocycles. The minimum absolute atomic E-state index is 0. The number of amides is 3. The van der Waals surface area contributed by atoms with Crippen LogP contribution < -0.4 is 0 Å². The summed E-state index contributed by atoms with van der Waals surface area (Å²) in [5.74, 6) is -1.45. The number of nitrogens with zero attached hydrogens (tertiary/aromatic N) is 3. The highest BCUT2D eigenvalue weighted by atomic mass is 16.6. The van der Waals surface area contributed by atoms with Gasteiger partial charge in [0, 0.05) is 32.0 Å². The maximum Gasteiger partial charge on any atom is 0.410 e. The van der Waals surface area contributed by atoms with Gasteiger partial charge in [0.2, 0.25) is 5.91 Å². The Morgan fingerprint density at radius 3 is 1.16 bits per heavy atom. The molecule has 0 aliphatic rings. The molecule has 0 unspecified atom stereocenters. The predicted molar refractivity (Wildman–Crippen MR) is 177 cm³/mol. The average molecular weight is 644 g/mol. The summed E-state index contributed by atoms with van der Waals surface area (Å²) in [6.45, 7) is 26.7. The smallest absolute Gasteiger partial charge is 0.410 e. The number of esters is 2. The van der Waals surface area contributed by atoms with Gasteiger partial charge in [-0.2, -0.15) is 0 Å². The van der Waals surface area contributed by atoms with Crippen molar-refractivity contribution in [3.8, 4) is 0 Å². The first-order chi connectivity index (χ1) is 19.6. The molecule has 0 aromatic rings. The first-order valence-corrected chi connectivity index (χ1v) is 14.3. The number of carbonyl (C=O) groups is 5. The number of rotatable bonds is 10. The van der Waals surface area contributed by atoms with E-state index >= 15 is 0 Å². The standard InChI is InChI=1S/C18H32N2O5.C14H25NO4.CH4/c1-11-18(6,7)13(15(22)24-10)20(9)14(21)12(2)19(8)16(23)25-17(3,4)5;1-9-14(5,6)10(11(16)18-8)15(7)12(17)19-13(2,3)4;/h11-13H,1H2,2-10H3;9-10H,1H2,2-8H3;1H4/t12-,13-;10-;/m11./s1. The van der Waals surface area contributed by atoms with Crippen molar-refractivity contribution in [3.05, 3.63) is 25.3 Å². The lowest BCUT2D eigenvalue weighted by atomic mass is 9.83. The van der Waals surface area contributed by atoms with Crippen LogP contribution in [0.4, 0.5) is 9.59 Å². The van der Waals surface area contributed by atoms with Gasteiger partial charge in [-0.3, -0.25) is 14.6 Å². The van der Waals surface area contributed by atoms with E-state index in [2.05, 4.69) is 13.2 Å². The van der Waals surface area contributed by atoms with E-state index in [-0.39, 0.29) is 7.43 Å². The zero-order chi connectivity index (χ0) is 35.6. The summed E-state index contributed by atoms with van der Waals surface area (Å²) in [5, 5.41) is 0. The van der Waals surface area contributed by atoms with Crippen molar-refractivity contribution in [1.29, 1.82) is 0 Å². The highest BCUT2D eigenvalue weighted by Gasteiger charge is 2.42. The van der Waals surface area contributed by atoms with Crippen LogP contribution in [0.2, 0.25) is 0 Å².